The third-order valence-electron chi connectivity index (χ3n) is 3.96. The zero-order valence-corrected chi connectivity index (χ0v) is 14.9. The van der Waals surface area contributed by atoms with E-state index < -0.39 is 15.8 Å². The number of nitrogens with zero attached hydrogens (tertiary/aromatic N) is 2. The Kier molecular flexibility index (Phi) is 4.13. The zero-order valence-electron chi connectivity index (χ0n) is 14.1. The Morgan fingerprint density at radius 3 is 2.74 bits per heavy atom. The van der Waals surface area contributed by atoms with Crippen molar-refractivity contribution in [2.75, 3.05) is 0 Å². The highest BCUT2D eigenvalue weighted by Crippen LogP contribution is 2.22. The summed E-state index contributed by atoms with van der Waals surface area (Å²) in [6.45, 7) is 1.74. The summed E-state index contributed by atoms with van der Waals surface area (Å²) in [5.74, 6) is -0.203. The number of aromatic nitrogens is 3. The van der Waals surface area contributed by atoms with Crippen LogP contribution in [0.15, 0.2) is 61.0 Å². The summed E-state index contributed by atoms with van der Waals surface area (Å²) in [6.07, 6.45) is 0. The number of aryl methyl sites for hydroxylation is 1. The number of aromatic amines is 1. The van der Waals surface area contributed by atoms with Crippen molar-refractivity contribution in [3.63, 3.8) is 0 Å². The van der Waals surface area contributed by atoms with Crippen LogP contribution in [0.5, 0.6) is 0 Å². The van der Waals surface area contributed by atoms with Gasteiger partial charge in [0.05, 0.1) is 17.0 Å². The molecule has 2 aromatic carbocycles. The molecule has 138 valence electrons. The lowest BCUT2D eigenvalue weighted by molar-refractivity contribution is 0.494. The molecule has 27 heavy (non-hydrogen) atoms. The first kappa shape index (κ1) is 17.2. The van der Waals surface area contributed by atoms with Crippen molar-refractivity contribution in [3.05, 3.63) is 64.5 Å². The van der Waals surface area contributed by atoms with Crippen LogP contribution in [0.4, 0.5) is 0 Å². The highest BCUT2D eigenvalue weighted by atomic mass is 32.2. The van der Waals surface area contributed by atoms with Gasteiger partial charge in [0.1, 0.15) is 0 Å². The molecule has 9 nitrogen and oxygen atoms in total. The van der Waals surface area contributed by atoms with Crippen LogP contribution in [0.25, 0.3) is 22.6 Å². The molecule has 0 aliphatic carbocycles. The first-order valence-corrected chi connectivity index (χ1v) is 9.42. The van der Waals surface area contributed by atoms with Gasteiger partial charge in [-0.1, -0.05) is 18.2 Å². The van der Waals surface area contributed by atoms with E-state index >= 15 is 0 Å². The van der Waals surface area contributed by atoms with Gasteiger partial charge < -0.3 is 8.83 Å². The van der Waals surface area contributed by atoms with Crippen molar-refractivity contribution in [1.82, 2.24) is 19.9 Å². The second kappa shape index (κ2) is 6.49. The van der Waals surface area contributed by atoms with Gasteiger partial charge in [-0.25, -0.2) is 17.9 Å². The third-order valence-corrected chi connectivity index (χ3v) is 5.36. The Balaban J connectivity index is 1.53. The summed E-state index contributed by atoms with van der Waals surface area (Å²) in [4.78, 5) is 13.6. The largest absolute Gasteiger partial charge is 0.419 e. The van der Waals surface area contributed by atoms with Crippen LogP contribution in [-0.2, 0) is 16.6 Å². The third kappa shape index (κ3) is 3.39. The Labute approximate surface area is 153 Å². The summed E-state index contributed by atoms with van der Waals surface area (Å²) in [5, 5.41) is 7.83. The minimum absolute atomic E-state index is 0.0450. The van der Waals surface area contributed by atoms with Crippen molar-refractivity contribution in [2.24, 2.45) is 0 Å². The van der Waals surface area contributed by atoms with Crippen LogP contribution in [0.2, 0.25) is 0 Å². The molecule has 0 saturated heterocycles. The summed E-state index contributed by atoms with van der Waals surface area (Å²) >= 11 is 0. The summed E-state index contributed by atoms with van der Waals surface area (Å²) in [7, 11) is -3.86. The SMILES string of the molecule is Cc1ccccc1-c1nnc(CNS(=O)(=O)c2ccc3[nH]c(=O)oc3c2)o1. The molecular formula is C17H14N4O5S. The molecule has 0 bridgehead atoms. The second-order valence-electron chi connectivity index (χ2n) is 5.81. The number of oxazole rings is 1. The minimum Gasteiger partial charge on any atom is -0.419 e. The van der Waals surface area contributed by atoms with E-state index in [2.05, 4.69) is 19.9 Å². The molecule has 4 rings (SSSR count). The van der Waals surface area contributed by atoms with E-state index in [0.29, 0.717) is 11.4 Å². The van der Waals surface area contributed by atoms with Gasteiger partial charge in [-0.05, 0) is 30.7 Å². The van der Waals surface area contributed by atoms with E-state index in [1.54, 1.807) is 0 Å². The van der Waals surface area contributed by atoms with Gasteiger partial charge in [0.25, 0.3) is 0 Å². The van der Waals surface area contributed by atoms with Gasteiger partial charge in [-0.3, -0.25) is 4.98 Å². The van der Waals surface area contributed by atoms with Crippen molar-refractivity contribution < 1.29 is 17.3 Å². The van der Waals surface area contributed by atoms with Gasteiger partial charge in [0.2, 0.25) is 21.8 Å². The summed E-state index contributed by atoms with van der Waals surface area (Å²) in [6, 6.07) is 11.6. The minimum atomic E-state index is -3.86. The quantitative estimate of drug-likeness (QED) is 0.536. The van der Waals surface area contributed by atoms with E-state index in [-0.39, 0.29) is 22.9 Å². The number of benzene rings is 2. The maximum atomic E-state index is 12.5. The standard InChI is InChI=1S/C17H14N4O5S/c1-10-4-2-3-5-12(10)16-21-20-15(26-16)9-18-27(23,24)11-6-7-13-14(8-11)25-17(22)19-13/h2-8,18H,9H2,1H3,(H,19,22). The number of sulfonamides is 1. The second-order valence-corrected chi connectivity index (χ2v) is 7.58. The lowest BCUT2D eigenvalue weighted by atomic mass is 10.1. The molecule has 0 spiro atoms. The van der Waals surface area contributed by atoms with Crippen LogP contribution in [0.3, 0.4) is 0 Å². The van der Waals surface area contributed by atoms with Crippen LogP contribution >= 0.6 is 0 Å². The maximum Gasteiger partial charge on any atom is 0.417 e. The predicted octanol–water partition coefficient (Wildman–Crippen LogP) is 1.96. The predicted molar refractivity (Wildman–Crippen MR) is 95.3 cm³/mol. The average molecular weight is 386 g/mol. The fraction of sp³-hybridized carbons (Fsp3) is 0.118. The first-order valence-electron chi connectivity index (χ1n) is 7.93. The highest BCUT2D eigenvalue weighted by Gasteiger charge is 2.18. The number of nitrogens with one attached hydrogen (secondary N) is 2. The average Bonchev–Trinajstić information content (AvgIpc) is 3.25. The Morgan fingerprint density at radius 2 is 1.93 bits per heavy atom. The van der Waals surface area contributed by atoms with Gasteiger partial charge in [-0.2, -0.15) is 0 Å². The number of hydrogen-bond donors (Lipinski definition) is 2. The lowest BCUT2D eigenvalue weighted by Crippen LogP contribution is -2.23. The molecule has 10 heteroatoms. The topological polar surface area (TPSA) is 131 Å². The van der Waals surface area contributed by atoms with Crippen molar-refractivity contribution in [3.8, 4) is 11.5 Å². The maximum absolute atomic E-state index is 12.5. The molecule has 4 aromatic rings. The molecule has 2 aromatic heterocycles. The van der Waals surface area contributed by atoms with E-state index in [4.69, 9.17) is 8.83 Å². The van der Waals surface area contributed by atoms with Crippen molar-refractivity contribution in [2.45, 2.75) is 18.4 Å². The zero-order chi connectivity index (χ0) is 19.0. The van der Waals surface area contributed by atoms with Gasteiger partial charge in [0, 0.05) is 11.6 Å². The Hall–Kier alpha value is -3.24. The molecule has 0 aliphatic rings. The van der Waals surface area contributed by atoms with Crippen LogP contribution in [0, 0.1) is 6.92 Å². The summed E-state index contributed by atoms with van der Waals surface area (Å²) < 4.78 is 37.7. The molecular weight excluding hydrogens is 372 g/mol. The van der Waals surface area contributed by atoms with Gasteiger partial charge in [-0.15, -0.1) is 10.2 Å². The monoisotopic (exact) mass is 386 g/mol. The van der Waals surface area contributed by atoms with Crippen LogP contribution in [0.1, 0.15) is 11.5 Å². The molecule has 0 fully saturated rings. The van der Waals surface area contributed by atoms with Crippen molar-refractivity contribution >= 4 is 21.1 Å². The van der Waals surface area contributed by atoms with E-state index in [1.807, 2.05) is 31.2 Å². The lowest BCUT2D eigenvalue weighted by Gasteiger charge is -2.04. The molecule has 0 radical (unpaired) electrons. The number of H-pyrrole nitrogens is 1. The molecule has 0 amide bonds. The highest BCUT2D eigenvalue weighted by molar-refractivity contribution is 7.89. The number of fused-ring (bicyclic) bond motifs is 1. The molecule has 0 atom stereocenters. The molecule has 0 saturated carbocycles. The fourth-order valence-electron chi connectivity index (χ4n) is 2.58. The smallest absolute Gasteiger partial charge is 0.417 e. The van der Waals surface area contributed by atoms with Crippen LogP contribution in [-0.4, -0.2) is 23.6 Å². The molecule has 2 heterocycles. The summed E-state index contributed by atoms with van der Waals surface area (Å²) in [5.41, 5.74) is 2.32. The Bertz CT molecular complexity index is 1290. The number of rotatable bonds is 5. The fourth-order valence-corrected chi connectivity index (χ4v) is 3.57. The van der Waals surface area contributed by atoms with Crippen molar-refractivity contribution in [1.29, 1.82) is 0 Å². The van der Waals surface area contributed by atoms with Crippen LogP contribution < -0.4 is 10.5 Å². The van der Waals surface area contributed by atoms with Gasteiger partial charge in [0.15, 0.2) is 5.58 Å². The molecule has 0 unspecified atom stereocenters. The van der Waals surface area contributed by atoms with E-state index in [9.17, 15) is 13.2 Å². The molecule has 2 N–H and O–H groups in total. The van der Waals surface area contributed by atoms with E-state index in [1.165, 1.54) is 18.2 Å². The first-order chi connectivity index (χ1) is 12.9. The number of hydrogen-bond acceptors (Lipinski definition) is 7. The normalized spacial score (nSPS) is 11.9. The Morgan fingerprint density at radius 1 is 1.11 bits per heavy atom. The molecule has 0 aliphatic heterocycles. The van der Waals surface area contributed by atoms with E-state index in [0.717, 1.165) is 11.1 Å². The van der Waals surface area contributed by atoms with Gasteiger partial charge >= 0.3 is 5.76 Å².